The van der Waals surface area contributed by atoms with E-state index in [1.165, 1.54) is 0 Å². The zero-order valence-electron chi connectivity index (χ0n) is 16.9. The molecule has 152 valence electrons. The molecule has 1 aromatic heterocycles. The SMILES string of the molecule is CCc1c(CN)cccc1Nc1c(CC(N)=O)cnc2cc(OC)c(OC)cc12. The third-order valence-electron chi connectivity index (χ3n) is 4.92. The molecule has 0 bridgehead atoms. The lowest BCUT2D eigenvalue weighted by atomic mass is 10.0. The van der Waals surface area contributed by atoms with Gasteiger partial charge < -0.3 is 26.3 Å². The molecule has 0 fully saturated rings. The molecule has 0 spiro atoms. The molecule has 3 rings (SSSR count). The van der Waals surface area contributed by atoms with Crippen molar-refractivity contribution in [3.8, 4) is 11.5 Å². The average Bonchev–Trinajstić information content (AvgIpc) is 2.73. The second kappa shape index (κ2) is 8.79. The first-order valence-electron chi connectivity index (χ1n) is 9.42. The maximum Gasteiger partial charge on any atom is 0.221 e. The number of rotatable bonds is 8. The number of nitrogens with one attached hydrogen (secondary N) is 1. The number of methoxy groups -OCH3 is 2. The van der Waals surface area contributed by atoms with Crippen molar-refractivity contribution in [3.63, 3.8) is 0 Å². The molecular weight excluding hydrogens is 368 g/mol. The van der Waals surface area contributed by atoms with Crippen LogP contribution in [0.3, 0.4) is 0 Å². The minimum Gasteiger partial charge on any atom is -0.493 e. The van der Waals surface area contributed by atoms with Crippen molar-refractivity contribution in [2.45, 2.75) is 26.3 Å². The summed E-state index contributed by atoms with van der Waals surface area (Å²) in [5.41, 5.74) is 16.7. The fourth-order valence-electron chi connectivity index (χ4n) is 3.52. The topological polar surface area (TPSA) is 112 Å². The summed E-state index contributed by atoms with van der Waals surface area (Å²) in [7, 11) is 3.16. The molecule has 0 atom stereocenters. The third kappa shape index (κ3) is 4.09. The number of carbonyl (C=O) groups excluding carboxylic acids is 1. The highest BCUT2D eigenvalue weighted by Gasteiger charge is 2.16. The molecule has 2 aromatic carbocycles. The highest BCUT2D eigenvalue weighted by atomic mass is 16.5. The van der Waals surface area contributed by atoms with Crippen molar-refractivity contribution in [3.05, 3.63) is 53.2 Å². The van der Waals surface area contributed by atoms with Crippen molar-refractivity contribution in [2.24, 2.45) is 11.5 Å². The molecule has 1 amide bonds. The van der Waals surface area contributed by atoms with Crippen molar-refractivity contribution in [1.82, 2.24) is 4.98 Å². The normalized spacial score (nSPS) is 10.8. The molecule has 7 heteroatoms. The summed E-state index contributed by atoms with van der Waals surface area (Å²) < 4.78 is 10.9. The van der Waals surface area contributed by atoms with Gasteiger partial charge in [-0.15, -0.1) is 0 Å². The first kappa shape index (κ1) is 20.4. The minimum atomic E-state index is -0.430. The quantitative estimate of drug-likeness (QED) is 0.541. The Labute approximate surface area is 170 Å². The predicted octanol–water partition coefficient (Wildman–Crippen LogP) is 3.04. The number of hydrogen-bond donors (Lipinski definition) is 3. The van der Waals surface area contributed by atoms with Crippen LogP contribution in [0.2, 0.25) is 0 Å². The number of primary amides is 1. The second-order valence-electron chi connectivity index (χ2n) is 6.65. The maximum absolute atomic E-state index is 11.7. The van der Waals surface area contributed by atoms with Crippen LogP contribution in [0.4, 0.5) is 11.4 Å². The van der Waals surface area contributed by atoms with Crippen LogP contribution in [0.25, 0.3) is 10.9 Å². The molecule has 3 aromatic rings. The number of fused-ring (bicyclic) bond motifs is 1. The van der Waals surface area contributed by atoms with Crippen LogP contribution < -0.4 is 26.3 Å². The van der Waals surface area contributed by atoms with Crippen LogP contribution >= 0.6 is 0 Å². The zero-order chi connectivity index (χ0) is 21.0. The van der Waals surface area contributed by atoms with Gasteiger partial charge >= 0.3 is 0 Å². The van der Waals surface area contributed by atoms with Crippen LogP contribution in [0.15, 0.2) is 36.5 Å². The summed E-state index contributed by atoms with van der Waals surface area (Å²) in [5, 5.41) is 4.31. The van der Waals surface area contributed by atoms with Crippen LogP contribution in [-0.2, 0) is 24.2 Å². The molecule has 5 N–H and O–H groups in total. The summed E-state index contributed by atoms with van der Waals surface area (Å²) in [6.07, 6.45) is 2.55. The van der Waals surface area contributed by atoms with Gasteiger partial charge in [-0.25, -0.2) is 0 Å². The summed E-state index contributed by atoms with van der Waals surface area (Å²) in [6.45, 7) is 2.54. The molecule has 0 aliphatic carbocycles. The second-order valence-corrected chi connectivity index (χ2v) is 6.65. The number of hydrogen-bond acceptors (Lipinski definition) is 6. The van der Waals surface area contributed by atoms with Gasteiger partial charge in [0.1, 0.15) is 0 Å². The van der Waals surface area contributed by atoms with Gasteiger partial charge in [-0.2, -0.15) is 0 Å². The number of benzene rings is 2. The van der Waals surface area contributed by atoms with E-state index in [0.717, 1.165) is 34.3 Å². The molecule has 0 saturated heterocycles. The lowest BCUT2D eigenvalue weighted by Gasteiger charge is -2.19. The fraction of sp³-hybridized carbons (Fsp3) is 0.273. The van der Waals surface area contributed by atoms with Gasteiger partial charge in [0.05, 0.1) is 31.8 Å². The summed E-state index contributed by atoms with van der Waals surface area (Å²) in [5.74, 6) is 0.731. The molecule has 0 radical (unpaired) electrons. The Bertz CT molecular complexity index is 1050. The molecular formula is C22H26N4O3. The van der Waals surface area contributed by atoms with Gasteiger partial charge in [0.25, 0.3) is 0 Å². The van der Waals surface area contributed by atoms with E-state index < -0.39 is 5.91 Å². The zero-order valence-corrected chi connectivity index (χ0v) is 16.9. The minimum absolute atomic E-state index is 0.0671. The molecule has 0 aliphatic heterocycles. The highest BCUT2D eigenvalue weighted by Crippen LogP contribution is 2.38. The van der Waals surface area contributed by atoms with Crippen molar-refractivity contribution < 1.29 is 14.3 Å². The van der Waals surface area contributed by atoms with Crippen LogP contribution in [-0.4, -0.2) is 25.1 Å². The Hall–Kier alpha value is -3.32. The monoisotopic (exact) mass is 394 g/mol. The summed E-state index contributed by atoms with van der Waals surface area (Å²) in [4.78, 5) is 16.2. The fourth-order valence-corrected chi connectivity index (χ4v) is 3.52. The number of ether oxygens (including phenoxy) is 2. The first-order chi connectivity index (χ1) is 14.0. The van der Waals surface area contributed by atoms with E-state index >= 15 is 0 Å². The van der Waals surface area contributed by atoms with Gasteiger partial charge in [-0.05, 0) is 29.7 Å². The highest BCUT2D eigenvalue weighted by molar-refractivity contribution is 5.98. The van der Waals surface area contributed by atoms with Gasteiger partial charge in [-0.3, -0.25) is 9.78 Å². The molecule has 1 heterocycles. The Morgan fingerprint density at radius 2 is 1.86 bits per heavy atom. The standard InChI is InChI=1S/C22H26N4O3/c1-4-15-13(11-23)6-5-7-17(15)26-22-14(8-21(24)27)12-25-18-10-20(29-3)19(28-2)9-16(18)22/h5-7,9-10,12H,4,8,11,23H2,1-3H3,(H2,24,27)(H,25,26). The van der Waals surface area contributed by atoms with E-state index in [0.29, 0.717) is 29.1 Å². The average molecular weight is 394 g/mol. The van der Waals surface area contributed by atoms with Gasteiger partial charge in [0, 0.05) is 35.4 Å². The van der Waals surface area contributed by atoms with E-state index in [-0.39, 0.29) is 6.42 Å². The largest absolute Gasteiger partial charge is 0.493 e. The Balaban J connectivity index is 2.24. The van der Waals surface area contributed by atoms with Crippen LogP contribution in [0.5, 0.6) is 11.5 Å². The van der Waals surface area contributed by atoms with Crippen LogP contribution in [0, 0.1) is 0 Å². The predicted molar refractivity (Wildman–Crippen MR) is 115 cm³/mol. The van der Waals surface area contributed by atoms with E-state index in [2.05, 4.69) is 17.2 Å². The number of aromatic nitrogens is 1. The van der Waals surface area contributed by atoms with E-state index in [4.69, 9.17) is 20.9 Å². The molecule has 0 aliphatic rings. The number of pyridine rings is 1. The lowest BCUT2D eigenvalue weighted by molar-refractivity contribution is -0.117. The number of anilines is 2. The number of amides is 1. The number of carbonyl (C=O) groups is 1. The Morgan fingerprint density at radius 1 is 1.14 bits per heavy atom. The number of nitrogens with zero attached hydrogens (tertiary/aromatic N) is 1. The van der Waals surface area contributed by atoms with Crippen molar-refractivity contribution >= 4 is 28.2 Å². The van der Waals surface area contributed by atoms with Crippen molar-refractivity contribution in [1.29, 1.82) is 0 Å². The van der Waals surface area contributed by atoms with E-state index in [9.17, 15) is 4.79 Å². The summed E-state index contributed by atoms with van der Waals surface area (Å²) >= 11 is 0. The van der Waals surface area contributed by atoms with Crippen molar-refractivity contribution in [2.75, 3.05) is 19.5 Å². The summed E-state index contributed by atoms with van der Waals surface area (Å²) in [6, 6.07) is 9.65. The van der Waals surface area contributed by atoms with Gasteiger partial charge in [0.15, 0.2) is 11.5 Å². The Kier molecular flexibility index (Phi) is 6.19. The maximum atomic E-state index is 11.7. The molecule has 29 heavy (non-hydrogen) atoms. The number of nitrogens with two attached hydrogens (primary N) is 2. The molecule has 7 nitrogen and oxygen atoms in total. The van der Waals surface area contributed by atoms with Gasteiger partial charge in [-0.1, -0.05) is 19.1 Å². The Morgan fingerprint density at radius 3 is 2.48 bits per heavy atom. The van der Waals surface area contributed by atoms with E-state index in [1.54, 1.807) is 20.4 Å². The smallest absolute Gasteiger partial charge is 0.221 e. The molecule has 0 unspecified atom stereocenters. The molecule has 0 saturated carbocycles. The van der Waals surface area contributed by atoms with E-state index in [1.807, 2.05) is 30.3 Å². The van der Waals surface area contributed by atoms with Gasteiger partial charge in [0.2, 0.25) is 5.91 Å². The third-order valence-corrected chi connectivity index (χ3v) is 4.92. The lowest BCUT2D eigenvalue weighted by Crippen LogP contribution is -2.15. The first-order valence-corrected chi connectivity index (χ1v) is 9.42. The van der Waals surface area contributed by atoms with Crippen LogP contribution in [0.1, 0.15) is 23.6 Å².